The van der Waals surface area contributed by atoms with E-state index in [1.54, 1.807) is 0 Å². The Kier molecular flexibility index (Phi) is 6.93. The quantitative estimate of drug-likeness (QED) is 0.824. The van der Waals surface area contributed by atoms with Crippen molar-refractivity contribution in [3.8, 4) is 5.75 Å². The molecule has 0 aromatic heterocycles. The lowest BCUT2D eigenvalue weighted by Gasteiger charge is -2.28. The maximum Gasteiger partial charge on any atom is 0.220 e. The van der Waals surface area contributed by atoms with E-state index >= 15 is 0 Å². The molecule has 2 saturated heterocycles. The largest absolute Gasteiger partial charge is 0.491 e. The van der Waals surface area contributed by atoms with E-state index in [1.807, 2.05) is 38.1 Å². The van der Waals surface area contributed by atoms with E-state index in [1.165, 1.54) is 12.8 Å². The van der Waals surface area contributed by atoms with Gasteiger partial charge in [-0.3, -0.25) is 4.79 Å². The third kappa shape index (κ3) is 5.12. The van der Waals surface area contributed by atoms with E-state index < -0.39 is 0 Å². The van der Waals surface area contributed by atoms with Crippen LogP contribution >= 0.6 is 12.4 Å². The van der Waals surface area contributed by atoms with Crippen molar-refractivity contribution < 1.29 is 9.53 Å². The number of fused-ring (bicyclic) bond motifs is 2. The molecule has 1 aromatic carbocycles. The van der Waals surface area contributed by atoms with Crippen LogP contribution < -0.4 is 15.4 Å². The van der Waals surface area contributed by atoms with Gasteiger partial charge in [-0.2, -0.15) is 0 Å². The van der Waals surface area contributed by atoms with Crippen LogP contribution in [-0.2, 0) is 11.3 Å². The summed E-state index contributed by atoms with van der Waals surface area (Å²) in [4.78, 5) is 12.3. The molecule has 5 heteroatoms. The molecule has 1 aromatic rings. The second-order valence-electron chi connectivity index (χ2n) is 7.23. The molecule has 0 saturated carbocycles. The first kappa shape index (κ1) is 19.1. The number of amides is 1. The highest BCUT2D eigenvalue weighted by Gasteiger charge is 2.34. The molecular weight excluding hydrogens is 324 g/mol. The number of nitrogens with one attached hydrogen (secondary N) is 2. The first-order valence-corrected chi connectivity index (χ1v) is 8.87. The first-order valence-electron chi connectivity index (χ1n) is 8.87. The lowest BCUT2D eigenvalue weighted by atomic mass is 9.89. The van der Waals surface area contributed by atoms with Crippen LogP contribution in [0, 0.1) is 5.92 Å². The number of carbonyl (C=O) groups is 1. The molecule has 2 aliphatic heterocycles. The standard InChI is InChI=1S/C19H28N2O2.ClH/c1-13(2)23-18-6-4-3-5-15(18)12-20-19(22)11-14-9-16-7-8-17(10-14)21-16;/h3-6,13-14,16-17,21H,7-12H2,1-2H3,(H,20,22);1H. The number of benzene rings is 1. The molecule has 0 spiro atoms. The monoisotopic (exact) mass is 352 g/mol. The van der Waals surface area contributed by atoms with Crippen molar-refractivity contribution in [2.24, 2.45) is 5.92 Å². The van der Waals surface area contributed by atoms with Crippen molar-refractivity contribution in [1.29, 1.82) is 0 Å². The summed E-state index contributed by atoms with van der Waals surface area (Å²) < 4.78 is 5.80. The van der Waals surface area contributed by atoms with Gasteiger partial charge in [-0.05, 0) is 51.5 Å². The highest BCUT2D eigenvalue weighted by Crippen LogP contribution is 2.32. The van der Waals surface area contributed by atoms with Crippen LogP contribution in [0.3, 0.4) is 0 Å². The number of hydrogen-bond acceptors (Lipinski definition) is 3. The molecule has 3 rings (SSSR count). The molecule has 2 N–H and O–H groups in total. The smallest absolute Gasteiger partial charge is 0.220 e. The Balaban J connectivity index is 0.00000208. The minimum absolute atomic E-state index is 0. The SMILES string of the molecule is CC(C)Oc1ccccc1CNC(=O)CC1CC2CCC(C1)N2.Cl. The molecule has 2 heterocycles. The third-order valence-electron chi connectivity index (χ3n) is 4.86. The highest BCUT2D eigenvalue weighted by atomic mass is 35.5. The zero-order chi connectivity index (χ0) is 16.2. The number of para-hydroxylation sites is 1. The fourth-order valence-electron chi connectivity index (χ4n) is 3.89. The minimum Gasteiger partial charge on any atom is -0.491 e. The summed E-state index contributed by atoms with van der Waals surface area (Å²) in [6.45, 7) is 4.57. The number of ether oxygens (including phenoxy) is 1. The topological polar surface area (TPSA) is 50.4 Å². The van der Waals surface area contributed by atoms with Gasteiger partial charge in [-0.25, -0.2) is 0 Å². The van der Waals surface area contributed by atoms with E-state index in [0.29, 0.717) is 31.0 Å². The van der Waals surface area contributed by atoms with Crippen LogP contribution in [0.25, 0.3) is 0 Å². The second kappa shape index (κ2) is 8.72. The van der Waals surface area contributed by atoms with Crippen molar-refractivity contribution in [3.63, 3.8) is 0 Å². The molecular formula is C19H29ClN2O2. The first-order chi connectivity index (χ1) is 11.1. The Hall–Kier alpha value is -1.26. The minimum atomic E-state index is 0. The van der Waals surface area contributed by atoms with Gasteiger partial charge in [0.2, 0.25) is 5.91 Å². The fraction of sp³-hybridized carbons (Fsp3) is 0.632. The van der Waals surface area contributed by atoms with Crippen LogP contribution in [-0.4, -0.2) is 24.1 Å². The maximum absolute atomic E-state index is 12.3. The van der Waals surface area contributed by atoms with Gasteiger partial charge in [-0.15, -0.1) is 12.4 Å². The average Bonchev–Trinajstić information content (AvgIpc) is 2.85. The van der Waals surface area contributed by atoms with Crippen molar-refractivity contribution in [3.05, 3.63) is 29.8 Å². The van der Waals surface area contributed by atoms with E-state index in [-0.39, 0.29) is 24.4 Å². The van der Waals surface area contributed by atoms with Gasteiger partial charge >= 0.3 is 0 Å². The predicted molar refractivity (Wildman–Crippen MR) is 98.6 cm³/mol. The Morgan fingerprint density at radius 3 is 2.58 bits per heavy atom. The van der Waals surface area contributed by atoms with E-state index in [4.69, 9.17) is 4.74 Å². The summed E-state index contributed by atoms with van der Waals surface area (Å²) in [5, 5.41) is 6.70. The summed E-state index contributed by atoms with van der Waals surface area (Å²) in [6.07, 6.45) is 5.65. The molecule has 2 aliphatic rings. The van der Waals surface area contributed by atoms with Gasteiger partial charge in [0.25, 0.3) is 0 Å². The molecule has 0 aliphatic carbocycles. The summed E-state index contributed by atoms with van der Waals surface area (Å²) in [6, 6.07) is 9.22. The van der Waals surface area contributed by atoms with Crippen LogP contribution in [0.1, 0.15) is 51.5 Å². The van der Waals surface area contributed by atoms with Gasteiger partial charge in [0, 0.05) is 30.6 Å². The third-order valence-corrected chi connectivity index (χ3v) is 4.86. The summed E-state index contributed by atoms with van der Waals surface area (Å²) in [7, 11) is 0. The Bertz CT molecular complexity index is 538. The van der Waals surface area contributed by atoms with Gasteiger partial charge in [0.1, 0.15) is 5.75 Å². The summed E-state index contributed by atoms with van der Waals surface area (Å²) in [5.41, 5.74) is 1.04. The molecule has 134 valence electrons. The van der Waals surface area contributed by atoms with Crippen molar-refractivity contribution in [1.82, 2.24) is 10.6 Å². The van der Waals surface area contributed by atoms with Crippen LogP contribution in [0.2, 0.25) is 0 Å². The van der Waals surface area contributed by atoms with Gasteiger partial charge in [0.15, 0.2) is 0 Å². The molecule has 0 radical (unpaired) electrons. The zero-order valence-corrected chi connectivity index (χ0v) is 15.4. The number of carbonyl (C=O) groups excluding carboxylic acids is 1. The predicted octanol–water partition coefficient (Wildman–Crippen LogP) is 3.43. The molecule has 2 unspecified atom stereocenters. The molecule has 24 heavy (non-hydrogen) atoms. The van der Waals surface area contributed by atoms with E-state index in [2.05, 4.69) is 10.6 Å². The lowest BCUT2D eigenvalue weighted by Crippen LogP contribution is -2.39. The lowest BCUT2D eigenvalue weighted by molar-refractivity contribution is -0.122. The Morgan fingerprint density at radius 2 is 1.92 bits per heavy atom. The Labute approximate surface area is 151 Å². The van der Waals surface area contributed by atoms with Crippen LogP contribution in [0.5, 0.6) is 5.75 Å². The molecule has 4 nitrogen and oxygen atoms in total. The van der Waals surface area contributed by atoms with Crippen LogP contribution in [0.15, 0.2) is 24.3 Å². The number of piperidine rings is 1. The summed E-state index contributed by atoms with van der Waals surface area (Å²) in [5.74, 6) is 1.56. The Morgan fingerprint density at radius 1 is 1.25 bits per heavy atom. The fourth-order valence-corrected chi connectivity index (χ4v) is 3.89. The van der Waals surface area contributed by atoms with Gasteiger partial charge < -0.3 is 15.4 Å². The number of hydrogen-bond donors (Lipinski definition) is 2. The molecule has 2 atom stereocenters. The normalized spacial score (nSPS) is 25.2. The van der Waals surface area contributed by atoms with Gasteiger partial charge in [0.05, 0.1) is 6.10 Å². The highest BCUT2D eigenvalue weighted by molar-refractivity contribution is 5.85. The van der Waals surface area contributed by atoms with E-state index in [0.717, 1.165) is 24.2 Å². The number of halogens is 1. The second-order valence-corrected chi connectivity index (χ2v) is 7.23. The van der Waals surface area contributed by atoms with E-state index in [9.17, 15) is 4.79 Å². The summed E-state index contributed by atoms with van der Waals surface area (Å²) >= 11 is 0. The number of rotatable bonds is 6. The average molecular weight is 353 g/mol. The van der Waals surface area contributed by atoms with Crippen LogP contribution in [0.4, 0.5) is 0 Å². The molecule has 2 fully saturated rings. The van der Waals surface area contributed by atoms with Crippen molar-refractivity contribution in [2.75, 3.05) is 0 Å². The zero-order valence-electron chi connectivity index (χ0n) is 14.6. The van der Waals surface area contributed by atoms with Gasteiger partial charge in [-0.1, -0.05) is 18.2 Å². The maximum atomic E-state index is 12.3. The van der Waals surface area contributed by atoms with Crippen molar-refractivity contribution >= 4 is 18.3 Å². The molecule has 2 bridgehead atoms. The molecule has 1 amide bonds. The van der Waals surface area contributed by atoms with Crippen molar-refractivity contribution in [2.45, 2.75) is 70.7 Å².